The molecule has 0 saturated heterocycles. The lowest BCUT2D eigenvalue weighted by Gasteiger charge is -2.19. The largest absolute Gasteiger partial charge is 0.448 e. The molecule has 0 aliphatic heterocycles. The molecule has 1 N–H and O–H groups in total. The van der Waals surface area contributed by atoms with Crippen LogP contribution in [0, 0.1) is 0 Å². The molecule has 1 aromatic carbocycles. The third-order valence-corrected chi connectivity index (χ3v) is 3.02. The summed E-state index contributed by atoms with van der Waals surface area (Å²) in [5, 5.41) is 4.39. The van der Waals surface area contributed by atoms with E-state index in [1.165, 1.54) is 0 Å². The standard InChI is InChI=1S/C13H14Cl2N2O/c1-17(2)13-10(14)4-3-5-11(13)16-8-9-6-7-12(15)18-9/h3-7,16H,8H2,1-2H3. The molecule has 1 aromatic heterocycles. The molecule has 0 aliphatic carbocycles. The third-order valence-electron chi connectivity index (χ3n) is 2.52. The fourth-order valence-electron chi connectivity index (χ4n) is 1.74. The van der Waals surface area contributed by atoms with Crippen LogP contribution in [0.5, 0.6) is 0 Å². The van der Waals surface area contributed by atoms with Crippen molar-refractivity contribution in [2.24, 2.45) is 0 Å². The van der Waals surface area contributed by atoms with Gasteiger partial charge in [-0.25, -0.2) is 0 Å². The molecule has 0 aliphatic rings. The summed E-state index contributed by atoms with van der Waals surface area (Å²) in [6, 6.07) is 9.32. The second kappa shape index (κ2) is 5.55. The first-order valence-electron chi connectivity index (χ1n) is 5.52. The summed E-state index contributed by atoms with van der Waals surface area (Å²) in [6.07, 6.45) is 0. The molecule has 3 nitrogen and oxygen atoms in total. The first-order valence-corrected chi connectivity index (χ1v) is 6.27. The molecular weight excluding hydrogens is 271 g/mol. The van der Waals surface area contributed by atoms with Crippen molar-refractivity contribution in [1.82, 2.24) is 0 Å². The van der Waals surface area contributed by atoms with Crippen LogP contribution in [0.1, 0.15) is 5.76 Å². The maximum atomic E-state index is 6.18. The number of furan rings is 1. The number of anilines is 2. The maximum Gasteiger partial charge on any atom is 0.193 e. The predicted octanol–water partition coefficient (Wildman–Crippen LogP) is 4.26. The molecule has 0 spiro atoms. The Morgan fingerprint density at radius 1 is 1.17 bits per heavy atom. The van der Waals surface area contributed by atoms with E-state index in [1.54, 1.807) is 6.07 Å². The van der Waals surface area contributed by atoms with Crippen LogP contribution in [-0.2, 0) is 6.54 Å². The van der Waals surface area contributed by atoms with Gasteiger partial charge in [-0.3, -0.25) is 0 Å². The Kier molecular flexibility index (Phi) is 4.04. The Hall–Kier alpha value is -1.32. The fraction of sp³-hybridized carbons (Fsp3) is 0.231. The summed E-state index contributed by atoms with van der Waals surface area (Å²) in [7, 11) is 3.91. The predicted molar refractivity (Wildman–Crippen MR) is 76.8 cm³/mol. The first-order chi connectivity index (χ1) is 8.58. The van der Waals surface area contributed by atoms with E-state index in [4.69, 9.17) is 27.6 Å². The van der Waals surface area contributed by atoms with Gasteiger partial charge >= 0.3 is 0 Å². The zero-order valence-electron chi connectivity index (χ0n) is 10.2. The Labute approximate surface area is 116 Å². The molecule has 18 heavy (non-hydrogen) atoms. The third kappa shape index (κ3) is 2.92. The number of para-hydroxylation sites is 1. The van der Waals surface area contributed by atoms with E-state index in [-0.39, 0.29) is 0 Å². The normalized spacial score (nSPS) is 10.4. The highest BCUT2D eigenvalue weighted by molar-refractivity contribution is 6.34. The highest BCUT2D eigenvalue weighted by Gasteiger charge is 2.09. The number of hydrogen-bond acceptors (Lipinski definition) is 3. The van der Waals surface area contributed by atoms with E-state index in [2.05, 4.69) is 5.32 Å². The van der Waals surface area contributed by atoms with E-state index in [0.717, 1.165) is 17.1 Å². The summed E-state index contributed by atoms with van der Waals surface area (Å²) < 4.78 is 5.29. The molecule has 0 amide bonds. The van der Waals surface area contributed by atoms with E-state index in [1.807, 2.05) is 43.3 Å². The molecule has 5 heteroatoms. The van der Waals surface area contributed by atoms with Crippen LogP contribution in [-0.4, -0.2) is 14.1 Å². The number of rotatable bonds is 4. The summed E-state index contributed by atoms with van der Waals surface area (Å²) in [6.45, 7) is 0.563. The van der Waals surface area contributed by atoms with Gasteiger partial charge < -0.3 is 14.6 Å². The molecule has 0 bridgehead atoms. The molecule has 96 valence electrons. The Morgan fingerprint density at radius 2 is 1.94 bits per heavy atom. The molecule has 0 unspecified atom stereocenters. The lowest BCUT2D eigenvalue weighted by molar-refractivity contribution is 0.520. The van der Waals surface area contributed by atoms with Crippen LogP contribution in [0.3, 0.4) is 0 Å². The molecule has 0 saturated carbocycles. The van der Waals surface area contributed by atoms with Crippen LogP contribution in [0.15, 0.2) is 34.7 Å². The van der Waals surface area contributed by atoms with Gasteiger partial charge in [0.05, 0.1) is 22.9 Å². The van der Waals surface area contributed by atoms with Gasteiger partial charge in [0, 0.05) is 14.1 Å². The second-order valence-corrected chi connectivity index (χ2v) is 4.87. The average molecular weight is 285 g/mol. The van der Waals surface area contributed by atoms with Crippen molar-refractivity contribution in [3.8, 4) is 0 Å². The number of halogens is 2. The van der Waals surface area contributed by atoms with Gasteiger partial charge in [0.25, 0.3) is 0 Å². The fourth-order valence-corrected chi connectivity index (χ4v) is 2.25. The van der Waals surface area contributed by atoms with E-state index in [0.29, 0.717) is 16.8 Å². The first kappa shape index (κ1) is 13.1. The molecule has 2 aromatic rings. The zero-order chi connectivity index (χ0) is 13.1. The van der Waals surface area contributed by atoms with Crippen molar-refractivity contribution >= 4 is 34.6 Å². The molecule has 1 heterocycles. The van der Waals surface area contributed by atoms with Gasteiger partial charge in [0.1, 0.15) is 5.76 Å². The molecule has 0 fully saturated rings. The summed E-state index contributed by atoms with van der Waals surface area (Å²) in [5.41, 5.74) is 1.91. The minimum absolute atomic E-state index is 0.394. The van der Waals surface area contributed by atoms with E-state index < -0.39 is 0 Å². The van der Waals surface area contributed by atoms with Gasteiger partial charge in [0.2, 0.25) is 0 Å². The van der Waals surface area contributed by atoms with Crippen molar-refractivity contribution in [3.05, 3.63) is 46.3 Å². The van der Waals surface area contributed by atoms with Crippen LogP contribution in [0.4, 0.5) is 11.4 Å². The monoisotopic (exact) mass is 284 g/mol. The van der Waals surface area contributed by atoms with Gasteiger partial charge in [-0.15, -0.1) is 0 Å². The highest BCUT2D eigenvalue weighted by Crippen LogP contribution is 2.32. The smallest absolute Gasteiger partial charge is 0.193 e. The van der Waals surface area contributed by atoms with Crippen LogP contribution >= 0.6 is 23.2 Å². The number of hydrogen-bond donors (Lipinski definition) is 1. The minimum atomic E-state index is 0.394. The number of nitrogens with one attached hydrogen (secondary N) is 1. The van der Waals surface area contributed by atoms with Gasteiger partial charge in [-0.1, -0.05) is 17.7 Å². The summed E-state index contributed by atoms with van der Waals surface area (Å²) >= 11 is 11.9. The molecule has 2 rings (SSSR count). The summed E-state index contributed by atoms with van der Waals surface area (Å²) in [5.74, 6) is 0.782. The topological polar surface area (TPSA) is 28.4 Å². The Balaban J connectivity index is 2.16. The quantitative estimate of drug-likeness (QED) is 0.909. The maximum absolute atomic E-state index is 6.18. The van der Waals surface area contributed by atoms with Gasteiger partial charge in [-0.2, -0.15) is 0 Å². The SMILES string of the molecule is CN(C)c1c(Cl)cccc1NCc1ccc(Cl)o1. The van der Waals surface area contributed by atoms with E-state index >= 15 is 0 Å². The summed E-state index contributed by atoms with van der Waals surface area (Å²) in [4.78, 5) is 1.97. The highest BCUT2D eigenvalue weighted by atomic mass is 35.5. The van der Waals surface area contributed by atoms with Crippen molar-refractivity contribution in [1.29, 1.82) is 0 Å². The molecule has 0 atom stereocenters. The van der Waals surface area contributed by atoms with Crippen molar-refractivity contribution in [2.75, 3.05) is 24.3 Å². The zero-order valence-corrected chi connectivity index (χ0v) is 11.7. The van der Waals surface area contributed by atoms with Crippen LogP contribution < -0.4 is 10.2 Å². The minimum Gasteiger partial charge on any atom is -0.448 e. The number of benzene rings is 1. The lowest BCUT2D eigenvalue weighted by Crippen LogP contribution is -2.12. The second-order valence-electron chi connectivity index (χ2n) is 4.09. The Bertz CT molecular complexity index is 538. The van der Waals surface area contributed by atoms with Crippen molar-refractivity contribution < 1.29 is 4.42 Å². The lowest BCUT2D eigenvalue weighted by atomic mass is 10.2. The van der Waals surface area contributed by atoms with Crippen LogP contribution in [0.2, 0.25) is 10.2 Å². The molecule has 0 radical (unpaired) electrons. The van der Waals surface area contributed by atoms with Gasteiger partial charge in [0.15, 0.2) is 5.22 Å². The van der Waals surface area contributed by atoms with Crippen molar-refractivity contribution in [2.45, 2.75) is 6.54 Å². The van der Waals surface area contributed by atoms with Gasteiger partial charge in [-0.05, 0) is 35.9 Å². The molecular formula is C13H14Cl2N2O. The van der Waals surface area contributed by atoms with Crippen molar-refractivity contribution in [3.63, 3.8) is 0 Å². The Morgan fingerprint density at radius 3 is 2.56 bits per heavy atom. The van der Waals surface area contributed by atoms with E-state index in [9.17, 15) is 0 Å². The number of nitrogens with zero attached hydrogens (tertiary/aromatic N) is 1. The average Bonchev–Trinajstić information content (AvgIpc) is 2.72. The van der Waals surface area contributed by atoms with Crippen LogP contribution in [0.25, 0.3) is 0 Å².